The zero-order valence-corrected chi connectivity index (χ0v) is 11.4. The molecule has 4 heteroatoms. The molecular weight excluding hydrogens is 248 g/mol. The lowest BCUT2D eigenvalue weighted by Gasteiger charge is -2.06. The number of rotatable bonds is 3. The largest absolute Gasteiger partial charge is 0.384 e. The summed E-state index contributed by atoms with van der Waals surface area (Å²) in [5, 5.41) is 1.12. The number of benzene rings is 1. The number of hydrogen-bond donors (Lipinski definition) is 1. The first kappa shape index (κ1) is 12.5. The molecule has 0 fully saturated rings. The molecule has 0 saturated heterocycles. The predicted molar refractivity (Wildman–Crippen MR) is 81.2 cm³/mol. The standard InChI is InChI=1S/C16H16N4/c1-2-4-16-19-14(10-15(17)20-16)12-7-6-11-5-3-8-18-13(11)9-12/h3,5-10H,2,4H2,1H3,(H2,17,19,20). The van der Waals surface area contributed by atoms with Crippen LogP contribution in [0.3, 0.4) is 0 Å². The van der Waals surface area contributed by atoms with Crippen LogP contribution >= 0.6 is 0 Å². The van der Waals surface area contributed by atoms with Gasteiger partial charge in [0.25, 0.3) is 0 Å². The Bertz CT molecular complexity index is 752. The highest BCUT2D eigenvalue weighted by molar-refractivity contribution is 5.83. The van der Waals surface area contributed by atoms with Crippen LogP contribution in [0, 0.1) is 0 Å². The van der Waals surface area contributed by atoms with Gasteiger partial charge in [-0.15, -0.1) is 0 Å². The molecule has 0 aliphatic rings. The Morgan fingerprint density at radius 1 is 1.10 bits per heavy atom. The van der Waals surface area contributed by atoms with Crippen LogP contribution < -0.4 is 5.73 Å². The summed E-state index contributed by atoms with van der Waals surface area (Å²) in [5.41, 5.74) is 8.70. The van der Waals surface area contributed by atoms with Gasteiger partial charge >= 0.3 is 0 Å². The zero-order valence-electron chi connectivity index (χ0n) is 11.4. The number of hydrogen-bond acceptors (Lipinski definition) is 4. The molecule has 3 rings (SSSR count). The first-order valence-electron chi connectivity index (χ1n) is 6.75. The van der Waals surface area contributed by atoms with E-state index in [0.29, 0.717) is 5.82 Å². The molecule has 0 aliphatic carbocycles. The molecule has 3 aromatic rings. The van der Waals surface area contributed by atoms with Crippen LogP contribution in [-0.4, -0.2) is 15.0 Å². The highest BCUT2D eigenvalue weighted by Crippen LogP contribution is 2.23. The molecule has 2 aromatic heterocycles. The van der Waals surface area contributed by atoms with E-state index in [0.717, 1.165) is 40.8 Å². The fourth-order valence-electron chi connectivity index (χ4n) is 2.23. The van der Waals surface area contributed by atoms with E-state index in [-0.39, 0.29) is 0 Å². The normalized spacial score (nSPS) is 10.8. The second-order valence-electron chi connectivity index (χ2n) is 4.76. The van der Waals surface area contributed by atoms with Crippen molar-refractivity contribution in [3.05, 3.63) is 48.4 Å². The van der Waals surface area contributed by atoms with Crippen LogP contribution in [0.25, 0.3) is 22.2 Å². The number of nitrogens with two attached hydrogens (primary N) is 1. The maximum atomic E-state index is 5.87. The van der Waals surface area contributed by atoms with Gasteiger partial charge in [0.2, 0.25) is 0 Å². The Morgan fingerprint density at radius 2 is 2.00 bits per heavy atom. The van der Waals surface area contributed by atoms with E-state index in [1.807, 2.05) is 30.3 Å². The van der Waals surface area contributed by atoms with Crippen molar-refractivity contribution in [1.82, 2.24) is 15.0 Å². The minimum atomic E-state index is 0.513. The Balaban J connectivity index is 2.10. The van der Waals surface area contributed by atoms with Crippen molar-refractivity contribution in [3.63, 3.8) is 0 Å². The molecule has 0 radical (unpaired) electrons. The van der Waals surface area contributed by atoms with Crippen molar-refractivity contribution in [1.29, 1.82) is 0 Å². The molecule has 100 valence electrons. The third-order valence-corrected chi connectivity index (χ3v) is 3.17. The van der Waals surface area contributed by atoms with Crippen molar-refractivity contribution in [3.8, 4) is 11.3 Å². The molecule has 0 amide bonds. The third kappa shape index (κ3) is 2.45. The average Bonchev–Trinajstić information content (AvgIpc) is 2.46. The van der Waals surface area contributed by atoms with E-state index >= 15 is 0 Å². The molecule has 4 nitrogen and oxygen atoms in total. The molecule has 0 spiro atoms. The van der Waals surface area contributed by atoms with Gasteiger partial charge in [-0.3, -0.25) is 4.98 Å². The Kier molecular flexibility index (Phi) is 3.29. The topological polar surface area (TPSA) is 64.7 Å². The van der Waals surface area contributed by atoms with Gasteiger partial charge in [-0.05, 0) is 18.6 Å². The van der Waals surface area contributed by atoms with Gasteiger partial charge in [0.1, 0.15) is 11.6 Å². The Hall–Kier alpha value is -2.49. The summed E-state index contributed by atoms with van der Waals surface area (Å²) in [4.78, 5) is 13.2. The van der Waals surface area contributed by atoms with Crippen LogP contribution in [0.4, 0.5) is 5.82 Å². The van der Waals surface area contributed by atoms with Crippen LogP contribution in [0.1, 0.15) is 19.2 Å². The molecule has 0 unspecified atom stereocenters. The summed E-state index contributed by atoms with van der Waals surface area (Å²) in [6.45, 7) is 2.10. The highest BCUT2D eigenvalue weighted by atomic mass is 14.9. The van der Waals surface area contributed by atoms with Crippen molar-refractivity contribution in [2.45, 2.75) is 19.8 Å². The fraction of sp³-hybridized carbons (Fsp3) is 0.188. The van der Waals surface area contributed by atoms with Gasteiger partial charge in [-0.2, -0.15) is 0 Å². The minimum Gasteiger partial charge on any atom is -0.384 e. The zero-order chi connectivity index (χ0) is 13.9. The van der Waals surface area contributed by atoms with E-state index in [2.05, 4.69) is 27.9 Å². The molecule has 2 N–H and O–H groups in total. The molecule has 0 aliphatic heterocycles. The van der Waals surface area contributed by atoms with Gasteiger partial charge < -0.3 is 5.73 Å². The van der Waals surface area contributed by atoms with Gasteiger partial charge in [-0.25, -0.2) is 9.97 Å². The number of aromatic nitrogens is 3. The second-order valence-corrected chi connectivity index (χ2v) is 4.76. The summed E-state index contributed by atoms with van der Waals surface area (Å²) in [5.74, 6) is 1.31. The summed E-state index contributed by atoms with van der Waals surface area (Å²) in [6, 6.07) is 11.9. The fourth-order valence-corrected chi connectivity index (χ4v) is 2.23. The van der Waals surface area contributed by atoms with Gasteiger partial charge in [0.15, 0.2) is 0 Å². The number of nitrogen functional groups attached to an aromatic ring is 1. The molecular formula is C16H16N4. The molecule has 2 heterocycles. The minimum absolute atomic E-state index is 0.513. The molecule has 0 saturated carbocycles. The summed E-state index contributed by atoms with van der Waals surface area (Å²) < 4.78 is 0. The van der Waals surface area contributed by atoms with Crippen LogP contribution in [-0.2, 0) is 6.42 Å². The summed E-state index contributed by atoms with van der Waals surface area (Å²) in [6.07, 6.45) is 3.63. The smallest absolute Gasteiger partial charge is 0.131 e. The van der Waals surface area contributed by atoms with Crippen LogP contribution in [0.2, 0.25) is 0 Å². The SMILES string of the molecule is CCCc1nc(N)cc(-c2ccc3cccnc3c2)n1. The van der Waals surface area contributed by atoms with Crippen molar-refractivity contribution in [2.24, 2.45) is 0 Å². The lowest BCUT2D eigenvalue weighted by atomic mass is 10.1. The molecule has 0 bridgehead atoms. The number of anilines is 1. The molecule has 0 atom stereocenters. The lowest BCUT2D eigenvalue weighted by Crippen LogP contribution is -2.01. The van der Waals surface area contributed by atoms with Crippen LogP contribution in [0.15, 0.2) is 42.6 Å². The molecule has 1 aromatic carbocycles. The van der Waals surface area contributed by atoms with E-state index in [1.165, 1.54) is 0 Å². The maximum Gasteiger partial charge on any atom is 0.131 e. The van der Waals surface area contributed by atoms with Gasteiger partial charge in [0, 0.05) is 29.6 Å². The Labute approximate surface area is 117 Å². The van der Waals surface area contributed by atoms with Crippen molar-refractivity contribution < 1.29 is 0 Å². The Morgan fingerprint density at radius 3 is 2.85 bits per heavy atom. The number of aryl methyl sites for hydroxylation is 1. The highest BCUT2D eigenvalue weighted by Gasteiger charge is 2.06. The number of fused-ring (bicyclic) bond motifs is 1. The van der Waals surface area contributed by atoms with Gasteiger partial charge in [-0.1, -0.05) is 25.1 Å². The monoisotopic (exact) mass is 264 g/mol. The predicted octanol–water partition coefficient (Wildman–Crippen LogP) is 3.23. The first-order valence-corrected chi connectivity index (χ1v) is 6.75. The second kappa shape index (κ2) is 5.25. The van der Waals surface area contributed by atoms with E-state index in [9.17, 15) is 0 Å². The number of nitrogens with zero attached hydrogens (tertiary/aromatic N) is 3. The third-order valence-electron chi connectivity index (χ3n) is 3.17. The van der Waals surface area contributed by atoms with Gasteiger partial charge in [0.05, 0.1) is 11.2 Å². The average molecular weight is 264 g/mol. The molecule has 20 heavy (non-hydrogen) atoms. The summed E-state index contributed by atoms with van der Waals surface area (Å²) >= 11 is 0. The van der Waals surface area contributed by atoms with Crippen LogP contribution in [0.5, 0.6) is 0 Å². The van der Waals surface area contributed by atoms with Crippen molar-refractivity contribution >= 4 is 16.7 Å². The van der Waals surface area contributed by atoms with E-state index in [4.69, 9.17) is 5.73 Å². The summed E-state index contributed by atoms with van der Waals surface area (Å²) in [7, 11) is 0. The van der Waals surface area contributed by atoms with E-state index in [1.54, 1.807) is 6.20 Å². The lowest BCUT2D eigenvalue weighted by molar-refractivity contribution is 0.839. The van der Waals surface area contributed by atoms with E-state index < -0.39 is 0 Å². The maximum absolute atomic E-state index is 5.87. The van der Waals surface area contributed by atoms with Crippen molar-refractivity contribution in [2.75, 3.05) is 5.73 Å². The number of pyridine rings is 1. The first-order chi connectivity index (χ1) is 9.76. The quantitative estimate of drug-likeness (QED) is 0.788.